The van der Waals surface area contributed by atoms with Crippen LogP contribution in [-0.4, -0.2) is 67.5 Å². The maximum absolute atomic E-state index is 14.2. The van der Waals surface area contributed by atoms with Crippen molar-refractivity contribution in [1.82, 2.24) is 9.88 Å². The number of benzene rings is 1. The van der Waals surface area contributed by atoms with E-state index in [-0.39, 0.29) is 11.3 Å². The van der Waals surface area contributed by atoms with Crippen LogP contribution in [0.1, 0.15) is 68.3 Å². The number of carboxylic acid groups (broad SMARTS) is 1. The number of hydrogen-bond acceptors (Lipinski definition) is 7. The number of rotatable bonds is 14. The van der Waals surface area contributed by atoms with Gasteiger partial charge in [-0.3, -0.25) is 9.69 Å². The first-order chi connectivity index (χ1) is 19.3. The van der Waals surface area contributed by atoms with Crippen molar-refractivity contribution in [2.45, 2.75) is 64.3 Å². The highest BCUT2D eigenvalue weighted by molar-refractivity contribution is 5.77. The summed E-state index contributed by atoms with van der Waals surface area (Å²) in [4.78, 5) is 19.1. The van der Waals surface area contributed by atoms with Gasteiger partial charge in [0.25, 0.3) is 0 Å². The number of anilines is 1. The molecule has 1 saturated carbocycles. The second kappa shape index (κ2) is 12.7. The van der Waals surface area contributed by atoms with Gasteiger partial charge in [0, 0.05) is 48.0 Å². The van der Waals surface area contributed by atoms with E-state index < -0.39 is 17.8 Å². The molecule has 1 aromatic heterocycles. The molecule has 0 spiro atoms. The fraction of sp³-hybridized carbons (Fsp3) is 0.613. The molecule has 3 aliphatic rings. The summed E-state index contributed by atoms with van der Waals surface area (Å²) in [6.45, 7) is 6.07. The van der Waals surface area contributed by atoms with Crippen molar-refractivity contribution < 1.29 is 28.5 Å². The SMILES string of the molecule is COc1cc(CCCCOC[C@@H]2CCN([C@@H](C(=O)O)c3cc(F)ccc3OCC3(C)CC3)C2)nc2c1CCCN2. The summed E-state index contributed by atoms with van der Waals surface area (Å²) in [5.41, 5.74) is 2.73. The number of aliphatic carboxylic acids is 1. The monoisotopic (exact) mass is 555 g/mol. The van der Waals surface area contributed by atoms with Crippen molar-refractivity contribution in [3.8, 4) is 11.5 Å². The smallest absolute Gasteiger partial charge is 0.325 e. The van der Waals surface area contributed by atoms with Crippen LogP contribution in [0.4, 0.5) is 10.2 Å². The summed E-state index contributed by atoms with van der Waals surface area (Å²) in [6, 6.07) is 5.33. The Bertz CT molecular complexity index is 1170. The van der Waals surface area contributed by atoms with E-state index in [1.165, 1.54) is 17.7 Å². The van der Waals surface area contributed by atoms with E-state index in [0.29, 0.717) is 44.2 Å². The molecule has 0 amide bonds. The van der Waals surface area contributed by atoms with Crippen LogP contribution >= 0.6 is 0 Å². The van der Waals surface area contributed by atoms with E-state index in [0.717, 1.165) is 75.2 Å². The average molecular weight is 556 g/mol. The molecule has 0 radical (unpaired) electrons. The van der Waals surface area contributed by atoms with E-state index in [9.17, 15) is 14.3 Å². The lowest BCUT2D eigenvalue weighted by Crippen LogP contribution is -2.33. The number of likely N-dealkylation sites (tertiary alicyclic amines) is 1. The molecule has 2 atom stereocenters. The van der Waals surface area contributed by atoms with Crippen molar-refractivity contribution >= 4 is 11.8 Å². The van der Waals surface area contributed by atoms with Crippen molar-refractivity contribution in [2.75, 3.05) is 51.9 Å². The Morgan fingerprint density at radius 3 is 2.90 bits per heavy atom. The van der Waals surface area contributed by atoms with E-state index in [2.05, 4.69) is 18.3 Å². The molecule has 1 aliphatic carbocycles. The van der Waals surface area contributed by atoms with E-state index in [1.807, 2.05) is 4.90 Å². The summed E-state index contributed by atoms with van der Waals surface area (Å²) in [5, 5.41) is 13.5. The van der Waals surface area contributed by atoms with Crippen LogP contribution in [0.25, 0.3) is 0 Å². The van der Waals surface area contributed by atoms with Crippen LogP contribution in [0.3, 0.4) is 0 Å². The molecule has 2 aromatic rings. The molecule has 40 heavy (non-hydrogen) atoms. The van der Waals surface area contributed by atoms with Gasteiger partial charge in [-0.25, -0.2) is 9.37 Å². The summed E-state index contributed by atoms with van der Waals surface area (Å²) in [6.07, 6.45) is 7.88. The number of methoxy groups -OCH3 is 1. The first-order valence-electron chi connectivity index (χ1n) is 14.6. The zero-order valence-corrected chi connectivity index (χ0v) is 23.7. The highest BCUT2D eigenvalue weighted by Gasteiger charge is 2.39. The molecule has 218 valence electrons. The third-order valence-electron chi connectivity index (χ3n) is 8.44. The summed E-state index contributed by atoms with van der Waals surface area (Å²) < 4.78 is 31.8. The zero-order chi connectivity index (χ0) is 28.1. The Kier molecular flexibility index (Phi) is 9.10. The molecule has 2 fully saturated rings. The topological polar surface area (TPSA) is 93.2 Å². The molecule has 2 N–H and O–H groups in total. The van der Waals surface area contributed by atoms with Gasteiger partial charge in [0.2, 0.25) is 0 Å². The van der Waals surface area contributed by atoms with Gasteiger partial charge in [-0.2, -0.15) is 0 Å². The first kappa shape index (κ1) is 28.6. The fourth-order valence-electron chi connectivity index (χ4n) is 5.72. The molecule has 0 unspecified atom stereocenters. The van der Waals surface area contributed by atoms with E-state index in [1.54, 1.807) is 13.2 Å². The standard InChI is InChI=1S/C31H42FN3O5/c1-31(11-12-31)20-40-26-9-8-22(32)16-25(26)28(30(36)37)35-14-10-21(18-35)19-39-15-4-3-6-23-17-27(38-2)24-7-5-13-33-29(24)34-23/h8-9,16-17,21,28H,3-7,10-15,18-20H2,1-2H3,(H,33,34)(H,36,37)/t21-,28-/m1/s1. The Morgan fingerprint density at radius 2 is 2.12 bits per heavy atom. The van der Waals surface area contributed by atoms with Gasteiger partial charge in [0.05, 0.1) is 20.3 Å². The maximum Gasteiger partial charge on any atom is 0.325 e. The molecule has 9 heteroatoms. The fourth-order valence-corrected chi connectivity index (χ4v) is 5.72. The molecular weight excluding hydrogens is 513 g/mol. The number of halogens is 1. The number of carbonyl (C=O) groups is 1. The molecule has 5 rings (SSSR count). The quantitative estimate of drug-likeness (QED) is 0.305. The van der Waals surface area contributed by atoms with Crippen LogP contribution in [0.2, 0.25) is 0 Å². The van der Waals surface area contributed by atoms with Crippen LogP contribution in [0.15, 0.2) is 24.3 Å². The maximum atomic E-state index is 14.2. The number of hydrogen-bond donors (Lipinski definition) is 2. The van der Waals surface area contributed by atoms with E-state index in [4.69, 9.17) is 19.2 Å². The lowest BCUT2D eigenvalue weighted by molar-refractivity contribution is -0.143. The molecule has 8 nitrogen and oxygen atoms in total. The zero-order valence-electron chi connectivity index (χ0n) is 23.7. The lowest BCUT2D eigenvalue weighted by Gasteiger charge is -2.27. The van der Waals surface area contributed by atoms with Gasteiger partial charge in [0.1, 0.15) is 29.2 Å². The summed E-state index contributed by atoms with van der Waals surface area (Å²) in [5.74, 6) is 1.13. The van der Waals surface area contributed by atoms with E-state index >= 15 is 0 Å². The van der Waals surface area contributed by atoms with Crippen molar-refractivity contribution in [2.24, 2.45) is 11.3 Å². The number of nitrogens with zero attached hydrogens (tertiary/aromatic N) is 2. The van der Waals surface area contributed by atoms with Gasteiger partial charge in [0.15, 0.2) is 0 Å². The summed E-state index contributed by atoms with van der Waals surface area (Å²) in [7, 11) is 1.71. The van der Waals surface area contributed by atoms with Gasteiger partial charge in [-0.1, -0.05) is 6.92 Å². The molecule has 1 aromatic carbocycles. The van der Waals surface area contributed by atoms with Crippen molar-refractivity contribution in [1.29, 1.82) is 0 Å². The van der Waals surface area contributed by atoms with Crippen LogP contribution < -0.4 is 14.8 Å². The minimum atomic E-state index is -0.989. The van der Waals surface area contributed by atoms with Crippen LogP contribution in [0, 0.1) is 17.2 Å². The Balaban J connectivity index is 1.08. The minimum absolute atomic E-state index is 0.140. The number of nitrogens with one attached hydrogen (secondary N) is 1. The minimum Gasteiger partial charge on any atom is -0.496 e. The first-order valence-corrected chi connectivity index (χ1v) is 14.6. The highest BCUT2D eigenvalue weighted by Crippen LogP contribution is 2.45. The molecule has 1 saturated heterocycles. The largest absolute Gasteiger partial charge is 0.496 e. The van der Waals surface area contributed by atoms with Crippen LogP contribution in [0.5, 0.6) is 11.5 Å². The number of aryl methyl sites for hydroxylation is 1. The number of carboxylic acids is 1. The molecular formula is C31H42FN3O5. The third kappa shape index (κ3) is 7.04. The van der Waals surface area contributed by atoms with Crippen molar-refractivity contribution in [3.05, 3.63) is 46.9 Å². The molecule has 2 aliphatic heterocycles. The predicted molar refractivity (Wildman–Crippen MR) is 151 cm³/mol. The van der Waals surface area contributed by atoms with Gasteiger partial charge in [-0.05, 0) is 82.0 Å². The number of aromatic nitrogens is 1. The Labute approximate surface area is 236 Å². The number of ether oxygens (including phenoxy) is 3. The summed E-state index contributed by atoms with van der Waals surface area (Å²) >= 11 is 0. The molecule has 3 heterocycles. The highest BCUT2D eigenvalue weighted by atomic mass is 19.1. The number of pyridine rings is 1. The molecule has 0 bridgehead atoms. The van der Waals surface area contributed by atoms with Crippen LogP contribution in [-0.2, 0) is 22.4 Å². The van der Waals surface area contributed by atoms with Gasteiger partial charge < -0.3 is 24.6 Å². The predicted octanol–water partition coefficient (Wildman–Crippen LogP) is 5.25. The average Bonchev–Trinajstić information content (AvgIpc) is 3.51. The van der Waals surface area contributed by atoms with Gasteiger partial charge >= 0.3 is 5.97 Å². The normalized spacial score (nSPS) is 20.4. The second-order valence-electron chi connectivity index (χ2n) is 11.9. The Hall–Kier alpha value is -2.91. The number of unbranched alkanes of at least 4 members (excludes halogenated alkanes) is 1. The third-order valence-corrected chi connectivity index (χ3v) is 8.44. The second-order valence-corrected chi connectivity index (χ2v) is 11.9. The van der Waals surface area contributed by atoms with Gasteiger partial charge in [-0.15, -0.1) is 0 Å². The lowest BCUT2D eigenvalue weighted by atomic mass is 10.0. The Morgan fingerprint density at radius 1 is 1.27 bits per heavy atom. The number of fused-ring (bicyclic) bond motifs is 1. The van der Waals surface area contributed by atoms with Crippen molar-refractivity contribution in [3.63, 3.8) is 0 Å².